The second-order valence-corrected chi connectivity index (χ2v) is 0. The molecule has 0 aromatic carbocycles. The van der Waals surface area contributed by atoms with E-state index in [0.717, 1.165) is 0 Å². The van der Waals surface area contributed by atoms with E-state index in [1.54, 1.807) is 0 Å². The Hall–Kier alpha value is 1.72. The molecule has 0 aliphatic carbocycles. The standard InChI is InChI=1S/Ag.Li.5H2O.V/h;;5*1H2;. The van der Waals surface area contributed by atoms with Crippen molar-refractivity contribution in [2.45, 2.75) is 0 Å². The molecule has 0 spiro atoms. The van der Waals surface area contributed by atoms with Gasteiger partial charge in [0.25, 0.3) is 0 Å². The minimum Gasteiger partial charge on any atom is -0.412 e. The Bertz CT molecular complexity index is 12.4. The van der Waals surface area contributed by atoms with Gasteiger partial charge in [-0.05, 0) is 0 Å². The zero-order valence-corrected chi connectivity index (χ0v) is 7.13. The fourth-order valence-corrected chi connectivity index (χ4v) is 0. The first kappa shape index (κ1) is 249. The molecule has 10 N–H and O–H groups in total. The van der Waals surface area contributed by atoms with Crippen molar-refractivity contribution in [3.63, 3.8) is 0 Å². The third-order valence-corrected chi connectivity index (χ3v) is 0. The van der Waals surface area contributed by atoms with Gasteiger partial charge in [-0.25, -0.2) is 0 Å². The quantitative estimate of drug-likeness (QED) is 0.382. The predicted molar refractivity (Wildman–Crippen MR) is 23.8 cm³/mol. The smallest absolute Gasteiger partial charge is 0 e. The van der Waals surface area contributed by atoms with Crippen LogP contribution in [0.3, 0.4) is 0 Å². The van der Waals surface area contributed by atoms with Gasteiger partial charge in [0, 0.05) is 59.8 Å². The Balaban J connectivity index is 0. The third kappa shape index (κ3) is 118. The average Bonchev–Trinajstić information content (AvgIpc) is 0. The van der Waals surface area contributed by atoms with Crippen molar-refractivity contribution in [2.75, 3.05) is 0 Å². The maximum Gasteiger partial charge on any atom is 0 e. The Kier molecular flexibility index (Phi) is 5470. The molecule has 57 valence electrons. The molecule has 0 bridgehead atoms. The number of rotatable bonds is 0. The van der Waals surface area contributed by atoms with Crippen molar-refractivity contribution in [1.29, 1.82) is 0 Å². The summed E-state index contributed by atoms with van der Waals surface area (Å²) < 4.78 is 0. The molecule has 0 saturated carbocycles. The number of hydrogen-bond acceptors (Lipinski definition) is 0. The molecule has 8 heteroatoms. The van der Waals surface area contributed by atoms with Gasteiger partial charge in [-0.1, -0.05) is 0 Å². The maximum atomic E-state index is 0. The van der Waals surface area contributed by atoms with E-state index >= 15 is 0 Å². The molecule has 3 radical (unpaired) electrons. The van der Waals surface area contributed by atoms with Crippen molar-refractivity contribution in [1.82, 2.24) is 0 Å². The predicted octanol–water partition coefficient (Wildman–Crippen LogP) is -4.51. The molecule has 0 saturated heterocycles. The van der Waals surface area contributed by atoms with Gasteiger partial charge < -0.3 is 27.4 Å². The van der Waals surface area contributed by atoms with Crippen LogP contribution in [0.15, 0.2) is 0 Å². The fourth-order valence-electron chi connectivity index (χ4n) is 0. The van der Waals surface area contributed by atoms with E-state index in [1.807, 2.05) is 0 Å². The van der Waals surface area contributed by atoms with Crippen LogP contribution in [0.1, 0.15) is 0 Å². The molecule has 0 aliphatic heterocycles. The van der Waals surface area contributed by atoms with Crippen LogP contribution in [-0.2, 0) is 40.9 Å². The Labute approximate surface area is 86.7 Å². The van der Waals surface area contributed by atoms with E-state index < -0.39 is 0 Å². The minimum atomic E-state index is 0. The Morgan fingerprint density at radius 2 is 0.500 bits per heavy atom. The van der Waals surface area contributed by atoms with Gasteiger partial charge in [-0.3, -0.25) is 0 Å². The molecule has 0 aromatic heterocycles. The minimum absolute atomic E-state index is 0. The largest absolute Gasteiger partial charge is 0.412 e. The summed E-state index contributed by atoms with van der Waals surface area (Å²) in [6.45, 7) is 0. The molecule has 0 heterocycles. The first-order valence-corrected chi connectivity index (χ1v) is 0. The van der Waals surface area contributed by atoms with Crippen LogP contribution in [0.5, 0.6) is 0 Å². The van der Waals surface area contributed by atoms with Crippen molar-refractivity contribution >= 4 is 18.9 Å². The van der Waals surface area contributed by atoms with Crippen LogP contribution >= 0.6 is 0 Å². The van der Waals surface area contributed by atoms with Crippen molar-refractivity contribution in [3.8, 4) is 0 Å². The van der Waals surface area contributed by atoms with E-state index in [1.165, 1.54) is 0 Å². The maximum absolute atomic E-state index is 0. The summed E-state index contributed by atoms with van der Waals surface area (Å²) in [4.78, 5) is 0. The molecule has 0 amide bonds. The third-order valence-electron chi connectivity index (χ3n) is 0. The van der Waals surface area contributed by atoms with Gasteiger partial charge in [0.15, 0.2) is 0 Å². The fraction of sp³-hybridized carbons (Fsp3) is 0. The first-order chi connectivity index (χ1) is 0. The van der Waals surface area contributed by atoms with Crippen LogP contribution in [0.4, 0.5) is 0 Å². The molecule has 8 heavy (non-hydrogen) atoms. The molecule has 0 aromatic rings. The van der Waals surface area contributed by atoms with E-state index in [2.05, 4.69) is 0 Å². The molecule has 5 nitrogen and oxygen atoms in total. The van der Waals surface area contributed by atoms with Crippen molar-refractivity contribution in [3.05, 3.63) is 0 Å². The first-order valence-electron chi connectivity index (χ1n) is 0. The van der Waals surface area contributed by atoms with Gasteiger partial charge in [-0.2, -0.15) is 0 Å². The van der Waals surface area contributed by atoms with Crippen LogP contribution < -0.4 is 0 Å². The zero-order valence-electron chi connectivity index (χ0n) is 4.25. The SMILES string of the molecule is O.O.O.O.O.[Ag].[Li].[V]. The normalized spacial score (nSPS) is 0. The molecule has 0 aliphatic rings. The number of hydrogen-bond donors (Lipinski definition) is 0. The van der Waals surface area contributed by atoms with Crippen LogP contribution in [0, 0.1) is 0 Å². The molecular formula is H10AgLiO5V. The van der Waals surface area contributed by atoms with Gasteiger partial charge in [-0.15, -0.1) is 0 Å². The summed E-state index contributed by atoms with van der Waals surface area (Å²) in [5.41, 5.74) is 0. The zero-order chi connectivity index (χ0) is 0. The Morgan fingerprint density at radius 1 is 0.500 bits per heavy atom. The van der Waals surface area contributed by atoms with Gasteiger partial charge in [0.2, 0.25) is 0 Å². The molecule has 0 fully saturated rings. The second-order valence-electron chi connectivity index (χ2n) is 0. The topological polar surface area (TPSA) is 158 Å². The summed E-state index contributed by atoms with van der Waals surface area (Å²) in [5.74, 6) is 0. The van der Waals surface area contributed by atoms with E-state index in [9.17, 15) is 0 Å². The molecule has 0 atom stereocenters. The van der Waals surface area contributed by atoms with Crippen LogP contribution in [0.2, 0.25) is 0 Å². The summed E-state index contributed by atoms with van der Waals surface area (Å²) in [7, 11) is 0. The van der Waals surface area contributed by atoms with Gasteiger partial charge in [0.1, 0.15) is 0 Å². The van der Waals surface area contributed by atoms with Crippen molar-refractivity contribution < 1.29 is 68.3 Å². The summed E-state index contributed by atoms with van der Waals surface area (Å²) >= 11 is 0. The van der Waals surface area contributed by atoms with Crippen LogP contribution in [0.25, 0.3) is 0 Å². The molecule has 0 rings (SSSR count). The average molecular weight is 256 g/mol. The van der Waals surface area contributed by atoms with Gasteiger partial charge in [0.05, 0.1) is 0 Å². The molecule has 0 unspecified atom stereocenters. The van der Waals surface area contributed by atoms with Crippen LogP contribution in [-0.4, -0.2) is 46.2 Å². The second kappa shape index (κ2) is 175. The summed E-state index contributed by atoms with van der Waals surface area (Å²) in [6, 6.07) is 0. The molecular weight excluding hydrogens is 246 g/mol. The Morgan fingerprint density at radius 3 is 0.500 bits per heavy atom. The summed E-state index contributed by atoms with van der Waals surface area (Å²) in [6.07, 6.45) is 0. The van der Waals surface area contributed by atoms with E-state index in [-0.39, 0.29) is 87.2 Å². The monoisotopic (exact) mass is 255 g/mol. The summed E-state index contributed by atoms with van der Waals surface area (Å²) in [5, 5.41) is 0. The van der Waals surface area contributed by atoms with E-state index in [0.29, 0.717) is 0 Å². The van der Waals surface area contributed by atoms with Crippen molar-refractivity contribution in [2.24, 2.45) is 0 Å². The van der Waals surface area contributed by atoms with E-state index in [4.69, 9.17) is 0 Å². The van der Waals surface area contributed by atoms with Gasteiger partial charge >= 0.3 is 0 Å².